The second-order valence-corrected chi connectivity index (χ2v) is 8.37. The van der Waals surface area contributed by atoms with Crippen LogP contribution in [0.5, 0.6) is 0 Å². The fourth-order valence-corrected chi connectivity index (χ4v) is 4.41. The van der Waals surface area contributed by atoms with Crippen molar-refractivity contribution in [2.45, 2.75) is 27.2 Å². The van der Waals surface area contributed by atoms with Gasteiger partial charge < -0.3 is 10.6 Å². The summed E-state index contributed by atoms with van der Waals surface area (Å²) in [6.07, 6.45) is 2.92. The zero-order valence-corrected chi connectivity index (χ0v) is 21.4. The largest absolute Gasteiger partial charge is 0.355 e. The summed E-state index contributed by atoms with van der Waals surface area (Å²) < 4.78 is 0. The van der Waals surface area contributed by atoms with Crippen LogP contribution in [0.4, 0.5) is 22.7 Å². The Morgan fingerprint density at radius 1 is 0.611 bits per heavy atom. The molecule has 0 heterocycles. The van der Waals surface area contributed by atoms with E-state index >= 15 is 0 Å². The lowest BCUT2D eigenvalue weighted by atomic mass is 10.0. The zero-order valence-electron chi connectivity index (χ0n) is 21.4. The molecule has 0 saturated heterocycles. The molecule has 0 spiro atoms. The Morgan fingerprint density at radius 3 is 1.75 bits per heavy atom. The Kier molecular flexibility index (Phi) is 8.20. The Morgan fingerprint density at radius 2 is 1.14 bits per heavy atom. The van der Waals surface area contributed by atoms with E-state index in [4.69, 9.17) is 0 Å². The van der Waals surface area contributed by atoms with Crippen molar-refractivity contribution in [2.24, 2.45) is 0 Å². The number of hydrogen-bond donors (Lipinski definition) is 2. The van der Waals surface area contributed by atoms with Crippen molar-refractivity contribution >= 4 is 39.6 Å². The van der Waals surface area contributed by atoms with Crippen LogP contribution < -0.4 is 10.6 Å². The molecule has 2 nitrogen and oxygen atoms in total. The van der Waals surface area contributed by atoms with E-state index in [2.05, 4.69) is 133 Å². The molecular weight excluding hydrogens is 436 g/mol. The van der Waals surface area contributed by atoms with E-state index < -0.39 is 0 Å². The van der Waals surface area contributed by atoms with E-state index in [1.54, 1.807) is 0 Å². The molecule has 0 unspecified atom stereocenters. The summed E-state index contributed by atoms with van der Waals surface area (Å²) in [5, 5.41) is 9.57. The first kappa shape index (κ1) is 24.8. The van der Waals surface area contributed by atoms with Crippen molar-refractivity contribution in [3.8, 4) is 11.1 Å². The molecule has 36 heavy (non-hydrogen) atoms. The summed E-state index contributed by atoms with van der Waals surface area (Å²) in [5.41, 5.74) is 9.19. The predicted octanol–water partition coefficient (Wildman–Crippen LogP) is 10.2. The highest BCUT2D eigenvalue weighted by Gasteiger charge is 2.06. The Balaban J connectivity index is 0.00000148. The van der Waals surface area contributed by atoms with Gasteiger partial charge in [-0.3, -0.25) is 0 Å². The van der Waals surface area contributed by atoms with E-state index in [0.717, 1.165) is 29.2 Å². The molecule has 0 amide bonds. The Hall–Kier alpha value is -4.30. The van der Waals surface area contributed by atoms with Gasteiger partial charge in [0, 0.05) is 33.7 Å². The quantitative estimate of drug-likeness (QED) is 0.247. The van der Waals surface area contributed by atoms with Gasteiger partial charge in [0.05, 0.1) is 0 Å². The molecule has 0 bridgehead atoms. The standard InChI is InChI=1S/C32H28N2.C2H6/c1-3-23-10-7-13-31(29(23)4-2)33-27-19-15-24(16-20-27)25-17-21-28(22-18-25)34-32-14-8-11-26-9-5-6-12-30(26)32;1-2/h4-22,33-34H,2-3H2,1H3;1-2H3. The lowest BCUT2D eigenvalue weighted by Gasteiger charge is -2.14. The molecule has 2 heteroatoms. The highest BCUT2D eigenvalue weighted by molar-refractivity contribution is 5.95. The summed E-state index contributed by atoms with van der Waals surface area (Å²) in [6, 6.07) is 38.3. The molecule has 5 aromatic carbocycles. The van der Waals surface area contributed by atoms with Gasteiger partial charge in [0.15, 0.2) is 0 Å². The maximum Gasteiger partial charge on any atom is 0.0463 e. The second kappa shape index (κ2) is 11.9. The van der Waals surface area contributed by atoms with Gasteiger partial charge in [-0.15, -0.1) is 0 Å². The van der Waals surface area contributed by atoms with Gasteiger partial charge in [0.2, 0.25) is 0 Å². The van der Waals surface area contributed by atoms with Crippen LogP contribution in [0.2, 0.25) is 0 Å². The minimum Gasteiger partial charge on any atom is -0.355 e. The molecule has 0 atom stereocenters. The number of fused-ring (bicyclic) bond motifs is 1. The zero-order chi connectivity index (χ0) is 25.3. The smallest absolute Gasteiger partial charge is 0.0463 e. The summed E-state index contributed by atoms with van der Waals surface area (Å²) in [6.45, 7) is 10.2. The molecule has 0 aromatic heterocycles. The molecule has 0 aliphatic heterocycles. The fraction of sp³-hybridized carbons (Fsp3) is 0.118. The van der Waals surface area contributed by atoms with Crippen LogP contribution >= 0.6 is 0 Å². The third-order valence-electron chi connectivity index (χ3n) is 6.23. The lowest BCUT2D eigenvalue weighted by molar-refractivity contribution is 1.13. The number of hydrogen-bond acceptors (Lipinski definition) is 2. The number of anilines is 4. The highest BCUT2D eigenvalue weighted by Crippen LogP contribution is 2.30. The first-order valence-electron chi connectivity index (χ1n) is 12.7. The van der Waals surface area contributed by atoms with Gasteiger partial charge in [-0.05, 0) is 64.9 Å². The van der Waals surface area contributed by atoms with E-state index in [-0.39, 0.29) is 0 Å². The van der Waals surface area contributed by atoms with Crippen LogP contribution in [0.15, 0.2) is 116 Å². The second-order valence-electron chi connectivity index (χ2n) is 8.37. The van der Waals surface area contributed by atoms with Crippen LogP contribution in [-0.4, -0.2) is 0 Å². The Labute approximate surface area is 215 Å². The van der Waals surface area contributed by atoms with Crippen LogP contribution in [0, 0.1) is 0 Å². The fourth-order valence-electron chi connectivity index (χ4n) is 4.41. The topological polar surface area (TPSA) is 24.1 Å². The molecule has 2 N–H and O–H groups in total. The first-order chi connectivity index (χ1) is 17.7. The number of nitrogens with one attached hydrogen (secondary N) is 2. The maximum absolute atomic E-state index is 4.00. The van der Waals surface area contributed by atoms with Crippen molar-refractivity contribution in [3.63, 3.8) is 0 Å². The summed E-state index contributed by atoms with van der Waals surface area (Å²) in [4.78, 5) is 0. The normalized spacial score (nSPS) is 10.3. The van der Waals surface area contributed by atoms with Crippen LogP contribution in [0.25, 0.3) is 28.0 Å². The van der Waals surface area contributed by atoms with Gasteiger partial charge in [-0.2, -0.15) is 0 Å². The molecule has 0 saturated carbocycles. The molecule has 0 aliphatic rings. The van der Waals surface area contributed by atoms with E-state index in [0.29, 0.717) is 0 Å². The van der Waals surface area contributed by atoms with E-state index in [1.165, 1.54) is 33.0 Å². The van der Waals surface area contributed by atoms with Crippen LogP contribution in [0.1, 0.15) is 31.9 Å². The van der Waals surface area contributed by atoms with Gasteiger partial charge in [-0.25, -0.2) is 0 Å². The van der Waals surface area contributed by atoms with E-state index in [9.17, 15) is 0 Å². The monoisotopic (exact) mass is 470 g/mol. The number of rotatable bonds is 7. The molecule has 0 aliphatic carbocycles. The van der Waals surface area contributed by atoms with Crippen molar-refractivity contribution in [1.29, 1.82) is 0 Å². The summed E-state index contributed by atoms with van der Waals surface area (Å²) >= 11 is 0. The van der Waals surface area contributed by atoms with Crippen molar-refractivity contribution in [2.75, 3.05) is 10.6 Å². The van der Waals surface area contributed by atoms with Crippen molar-refractivity contribution in [3.05, 3.63) is 127 Å². The summed E-state index contributed by atoms with van der Waals surface area (Å²) in [5.74, 6) is 0. The van der Waals surface area contributed by atoms with Crippen molar-refractivity contribution < 1.29 is 0 Å². The van der Waals surface area contributed by atoms with E-state index in [1.807, 2.05) is 19.9 Å². The maximum atomic E-state index is 4.00. The Bertz CT molecular complexity index is 1430. The molecule has 180 valence electrons. The SMILES string of the molecule is C=Cc1c(CC)cccc1Nc1ccc(-c2ccc(Nc3cccc4ccccc34)cc2)cc1.CC. The lowest BCUT2D eigenvalue weighted by Crippen LogP contribution is -1.96. The third-order valence-corrected chi connectivity index (χ3v) is 6.23. The minimum atomic E-state index is 0.987. The molecule has 0 radical (unpaired) electrons. The minimum absolute atomic E-state index is 0.987. The molecule has 5 aromatic rings. The van der Waals surface area contributed by atoms with Gasteiger partial charge >= 0.3 is 0 Å². The average molecular weight is 471 g/mol. The van der Waals surface area contributed by atoms with Crippen LogP contribution in [0.3, 0.4) is 0 Å². The molecular formula is C34H34N2. The van der Waals surface area contributed by atoms with Gasteiger partial charge in [0.1, 0.15) is 0 Å². The molecule has 5 rings (SSSR count). The van der Waals surface area contributed by atoms with Crippen LogP contribution in [-0.2, 0) is 6.42 Å². The number of aryl methyl sites for hydroxylation is 1. The van der Waals surface area contributed by atoms with Gasteiger partial charge in [-0.1, -0.05) is 106 Å². The molecule has 0 fully saturated rings. The summed E-state index contributed by atoms with van der Waals surface area (Å²) in [7, 11) is 0. The first-order valence-corrected chi connectivity index (χ1v) is 12.7. The van der Waals surface area contributed by atoms with Gasteiger partial charge in [0.25, 0.3) is 0 Å². The van der Waals surface area contributed by atoms with Crippen molar-refractivity contribution in [1.82, 2.24) is 0 Å². The third kappa shape index (κ3) is 5.50. The average Bonchev–Trinajstić information content (AvgIpc) is 2.95. The highest BCUT2D eigenvalue weighted by atomic mass is 14.9. The number of benzene rings is 5. The predicted molar refractivity (Wildman–Crippen MR) is 160 cm³/mol.